The summed E-state index contributed by atoms with van der Waals surface area (Å²) in [6, 6.07) is 9.82. The van der Waals surface area contributed by atoms with Crippen molar-refractivity contribution < 1.29 is 9.59 Å². The smallest absolute Gasteiger partial charge is 0.221 e. The van der Waals surface area contributed by atoms with Crippen molar-refractivity contribution in [2.45, 2.75) is 20.3 Å². The number of rotatable bonds is 5. The zero-order valence-electron chi connectivity index (χ0n) is 18.3. The van der Waals surface area contributed by atoms with E-state index >= 15 is 0 Å². The molecule has 1 aliphatic heterocycles. The van der Waals surface area contributed by atoms with Crippen LogP contribution < -0.4 is 10.6 Å². The first-order chi connectivity index (χ1) is 15.4. The van der Waals surface area contributed by atoms with Gasteiger partial charge >= 0.3 is 0 Å². The Hall–Kier alpha value is -3.81. The van der Waals surface area contributed by atoms with Gasteiger partial charge in [-0.25, -0.2) is 0 Å². The molecule has 0 spiro atoms. The molecule has 0 unspecified atom stereocenters. The molecule has 2 amide bonds. The van der Waals surface area contributed by atoms with Gasteiger partial charge in [0, 0.05) is 62.3 Å². The number of aryl methyl sites for hydroxylation is 1. The molecule has 32 heavy (non-hydrogen) atoms. The highest BCUT2D eigenvalue weighted by Crippen LogP contribution is 2.31. The number of carbonyl (C=O) groups is 2. The number of nitrogens with zero attached hydrogens (tertiary/aromatic N) is 5. The lowest BCUT2D eigenvalue weighted by atomic mass is 10.00. The quantitative estimate of drug-likeness (QED) is 0.665. The van der Waals surface area contributed by atoms with Crippen LogP contribution in [0.25, 0.3) is 22.5 Å². The Bertz CT molecular complexity index is 1140. The van der Waals surface area contributed by atoms with E-state index in [2.05, 4.69) is 14.9 Å². The van der Waals surface area contributed by atoms with Crippen molar-refractivity contribution in [3.63, 3.8) is 0 Å². The summed E-state index contributed by atoms with van der Waals surface area (Å²) < 4.78 is 0. The monoisotopic (exact) mass is 430 g/mol. The highest BCUT2D eigenvalue weighted by Gasteiger charge is 2.19. The van der Waals surface area contributed by atoms with Crippen LogP contribution in [-0.4, -0.2) is 57.8 Å². The van der Waals surface area contributed by atoms with E-state index in [1.54, 1.807) is 19.3 Å². The zero-order valence-corrected chi connectivity index (χ0v) is 18.3. The molecule has 8 nitrogen and oxygen atoms in total. The van der Waals surface area contributed by atoms with Crippen molar-refractivity contribution in [1.82, 2.24) is 19.9 Å². The summed E-state index contributed by atoms with van der Waals surface area (Å²) in [4.78, 5) is 40.7. The zero-order chi connectivity index (χ0) is 22.7. The molecular formula is C24H26N6O2. The topological polar surface area (TPSA) is 105 Å². The number of hydrogen-bond acceptors (Lipinski definition) is 6. The summed E-state index contributed by atoms with van der Waals surface area (Å²) >= 11 is 0. The van der Waals surface area contributed by atoms with Gasteiger partial charge in [-0.05, 0) is 42.8 Å². The van der Waals surface area contributed by atoms with Gasteiger partial charge in [0.2, 0.25) is 11.8 Å². The van der Waals surface area contributed by atoms with Crippen molar-refractivity contribution in [3.05, 3.63) is 60.2 Å². The summed E-state index contributed by atoms with van der Waals surface area (Å²) in [5.74, 6) is -0.293. The number of aromatic nitrogens is 3. The molecule has 4 rings (SSSR count). The summed E-state index contributed by atoms with van der Waals surface area (Å²) in [6.07, 6.45) is 5.40. The molecule has 4 heterocycles. The summed E-state index contributed by atoms with van der Waals surface area (Å²) in [5.41, 5.74) is 11.4. The van der Waals surface area contributed by atoms with Crippen molar-refractivity contribution >= 4 is 17.5 Å². The first-order valence-corrected chi connectivity index (χ1v) is 10.6. The lowest BCUT2D eigenvalue weighted by Gasteiger charge is -2.35. The van der Waals surface area contributed by atoms with E-state index < -0.39 is 5.91 Å². The van der Waals surface area contributed by atoms with Crippen LogP contribution in [0.5, 0.6) is 0 Å². The summed E-state index contributed by atoms with van der Waals surface area (Å²) in [7, 11) is 0. The van der Waals surface area contributed by atoms with Crippen LogP contribution in [0.4, 0.5) is 5.69 Å². The van der Waals surface area contributed by atoms with Crippen LogP contribution in [-0.2, 0) is 16.0 Å². The highest BCUT2D eigenvalue weighted by molar-refractivity contribution is 5.82. The first-order valence-electron chi connectivity index (χ1n) is 10.6. The van der Waals surface area contributed by atoms with Crippen molar-refractivity contribution in [2.75, 3.05) is 31.1 Å². The molecule has 1 aliphatic rings. The van der Waals surface area contributed by atoms with Crippen molar-refractivity contribution in [2.24, 2.45) is 5.73 Å². The number of piperazine rings is 1. The van der Waals surface area contributed by atoms with Crippen LogP contribution in [0.2, 0.25) is 0 Å². The Labute approximate surface area is 187 Å². The molecule has 0 aromatic carbocycles. The van der Waals surface area contributed by atoms with E-state index in [4.69, 9.17) is 10.7 Å². The van der Waals surface area contributed by atoms with Crippen LogP contribution in [0.3, 0.4) is 0 Å². The Morgan fingerprint density at radius 1 is 1.00 bits per heavy atom. The highest BCUT2D eigenvalue weighted by atomic mass is 16.2. The minimum Gasteiger partial charge on any atom is -0.369 e. The molecule has 0 aliphatic carbocycles. The van der Waals surface area contributed by atoms with Gasteiger partial charge in [0.1, 0.15) is 0 Å². The number of carbonyl (C=O) groups excluding carboxylic acids is 2. The lowest BCUT2D eigenvalue weighted by molar-refractivity contribution is -0.129. The van der Waals surface area contributed by atoms with Crippen LogP contribution >= 0.6 is 0 Å². The predicted octanol–water partition coefficient (Wildman–Crippen LogP) is 2.21. The van der Waals surface area contributed by atoms with Gasteiger partial charge in [-0.15, -0.1) is 0 Å². The van der Waals surface area contributed by atoms with Gasteiger partial charge in [-0.1, -0.05) is 0 Å². The number of nitrogens with two attached hydrogens (primary N) is 1. The minimum atomic E-state index is -0.404. The van der Waals surface area contributed by atoms with E-state index in [1.165, 1.54) is 0 Å². The SMILES string of the molecule is CC(=O)N1CCN(c2ccc(-c3cc(CC(N)=O)cnc3-c3ccnc(C)c3)nc2)CC1. The molecule has 0 radical (unpaired) electrons. The molecule has 0 bridgehead atoms. The third kappa shape index (κ3) is 4.74. The molecule has 1 fully saturated rings. The number of amides is 2. The molecular weight excluding hydrogens is 404 g/mol. The first kappa shape index (κ1) is 21.4. The summed E-state index contributed by atoms with van der Waals surface area (Å²) in [5, 5.41) is 0. The fourth-order valence-corrected chi connectivity index (χ4v) is 3.94. The molecule has 2 N–H and O–H groups in total. The molecule has 0 saturated carbocycles. The normalized spacial score (nSPS) is 13.8. The molecule has 164 valence electrons. The van der Waals surface area contributed by atoms with E-state index in [-0.39, 0.29) is 12.3 Å². The third-order valence-electron chi connectivity index (χ3n) is 5.61. The van der Waals surface area contributed by atoms with E-state index in [9.17, 15) is 9.59 Å². The maximum atomic E-state index is 11.6. The second-order valence-electron chi connectivity index (χ2n) is 7.96. The molecule has 1 saturated heterocycles. The second kappa shape index (κ2) is 9.13. The Balaban J connectivity index is 1.65. The number of anilines is 1. The fourth-order valence-electron chi connectivity index (χ4n) is 3.94. The van der Waals surface area contributed by atoms with E-state index in [0.717, 1.165) is 52.5 Å². The second-order valence-corrected chi connectivity index (χ2v) is 7.96. The Morgan fingerprint density at radius 3 is 2.41 bits per heavy atom. The van der Waals surface area contributed by atoms with Gasteiger partial charge in [0.25, 0.3) is 0 Å². The van der Waals surface area contributed by atoms with Crippen LogP contribution in [0, 0.1) is 6.92 Å². The van der Waals surface area contributed by atoms with Gasteiger partial charge in [-0.2, -0.15) is 0 Å². The number of hydrogen-bond donors (Lipinski definition) is 1. The van der Waals surface area contributed by atoms with Crippen LogP contribution in [0.15, 0.2) is 48.9 Å². The van der Waals surface area contributed by atoms with Crippen LogP contribution in [0.1, 0.15) is 18.2 Å². The maximum Gasteiger partial charge on any atom is 0.221 e. The average Bonchev–Trinajstić information content (AvgIpc) is 2.79. The minimum absolute atomic E-state index is 0.111. The van der Waals surface area contributed by atoms with Gasteiger partial charge in [-0.3, -0.25) is 24.5 Å². The molecule has 3 aromatic heterocycles. The molecule has 0 atom stereocenters. The van der Waals surface area contributed by atoms with E-state index in [0.29, 0.717) is 13.1 Å². The standard InChI is InChI=1S/C24H26N6O2/c1-16-11-19(5-6-26-16)24-21(12-18(14-28-24)13-23(25)32)22-4-3-20(15-27-22)30-9-7-29(8-10-30)17(2)31/h3-6,11-12,14-15H,7-10,13H2,1-2H3,(H2,25,32). The molecule has 8 heteroatoms. The van der Waals surface area contributed by atoms with Gasteiger partial charge < -0.3 is 15.5 Å². The third-order valence-corrected chi connectivity index (χ3v) is 5.61. The number of primary amides is 1. The van der Waals surface area contributed by atoms with Crippen molar-refractivity contribution in [3.8, 4) is 22.5 Å². The maximum absolute atomic E-state index is 11.6. The summed E-state index contributed by atoms with van der Waals surface area (Å²) in [6.45, 7) is 6.51. The van der Waals surface area contributed by atoms with Crippen molar-refractivity contribution in [1.29, 1.82) is 0 Å². The Kier molecular flexibility index (Phi) is 6.11. The molecule has 3 aromatic rings. The van der Waals surface area contributed by atoms with E-state index in [1.807, 2.05) is 48.4 Å². The lowest BCUT2D eigenvalue weighted by Crippen LogP contribution is -2.48. The average molecular weight is 431 g/mol. The Morgan fingerprint density at radius 2 is 1.78 bits per heavy atom. The van der Waals surface area contributed by atoms with Gasteiger partial charge in [0.15, 0.2) is 0 Å². The predicted molar refractivity (Wildman–Crippen MR) is 123 cm³/mol. The van der Waals surface area contributed by atoms with Gasteiger partial charge in [0.05, 0.1) is 29.7 Å². The fraction of sp³-hybridized carbons (Fsp3) is 0.292. The largest absolute Gasteiger partial charge is 0.369 e. The number of pyridine rings is 3.